The molecule has 26 heavy (non-hydrogen) atoms. The number of hydrogen-bond acceptors (Lipinski definition) is 5. The SMILES string of the molecule is CCS(=O)(=O)c1ccccc1NC(=O)Cn1ncc2ccccc2c1=O. The second-order valence-electron chi connectivity index (χ2n) is 5.64. The Kier molecular flexibility index (Phi) is 4.85. The van der Waals surface area contributed by atoms with Gasteiger partial charge < -0.3 is 5.32 Å². The number of para-hydroxylation sites is 1. The van der Waals surface area contributed by atoms with Crippen LogP contribution in [0.15, 0.2) is 64.4 Å². The number of nitrogens with one attached hydrogen (secondary N) is 1. The second kappa shape index (κ2) is 7.09. The topological polar surface area (TPSA) is 98.1 Å². The molecule has 3 aromatic rings. The van der Waals surface area contributed by atoms with Crippen molar-refractivity contribution < 1.29 is 13.2 Å². The molecule has 1 heterocycles. The first-order chi connectivity index (χ1) is 12.4. The van der Waals surface area contributed by atoms with E-state index in [4.69, 9.17) is 0 Å². The Morgan fingerprint density at radius 3 is 2.58 bits per heavy atom. The zero-order valence-corrected chi connectivity index (χ0v) is 14.9. The molecule has 0 aliphatic carbocycles. The highest BCUT2D eigenvalue weighted by molar-refractivity contribution is 7.91. The lowest BCUT2D eigenvalue weighted by atomic mass is 10.2. The molecule has 7 nitrogen and oxygen atoms in total. The van der Waals surface area contributed by atoms with Gasteiger partial charge in [-0.3, -0.25) is 9.59 Å². The Bertz CT molecular complexity index is 1140. The summed E-state index contributed by atoms with van der Waals surface area (Å²) >= 11 is 0. The molecule has 0 saturated heterocycles. The number of anilines is 1. The molecule has 0 atom stereocenters. The molecule has 0 bridgehead atoms. The highest BCUT2D eigenvalue weighted by Crippen LogP contribution is 2.22. The molecule has 0 spiro atoms. The van der Waals surface area contributed by atoms with E-state index >= 15 is 0 Å². The average Bonchev–Trinajstić information content (AvgIpc) is 2.64. The van der Waals surface area contributed by atoms with Crippen molar-refractivity contribution >= 4 is 32.2 Å². The normalized spacial score (nSPS) is 11.4. The minimum absolute atomic E-state index is 0.0506. The molecule has 0 aliphatic rings. The molecule has 3 rings (SSSR count). The standard InChI is InChI=1S/C18H17N3O4S/c1-2-26(24,25)16-10-6-5-9-15(16)20-17(22)12-21-18(23)14-8-4-3-7-13(14)11-19-21/h3-11H,2,12H2,1H3,(H,20,22). The lowest BCUT2D eigenvalue weighted by Crippen LogP contribution is -2.29. The third kappa shape index (κ3) is 3.50. The van der Waals surface area contributed by atoms with Crippen molar-refractivity contribution in [1.29, 1.82) is 0 Å². The Hall–Kier alpha value is -3.00. The number of hydrogen-bond donors (Lipinski definition) is 1. The number of benzene rings is 2. The maximum atomic E-state index is 12.4. The van der Waals surface area contributed by atoms with Crippen LogP contribution >= 0.6 is 0 Å². The highest BCUT2D eigenvalue weighted by atomic mass is 32.2. The van der Waals surface area contributed by atoms with Crippen molar-refractivity contribution in [2.75, 3.05) is 11.1 Å². The van der Waals surface area contributed by atoms with Crippen molar-refractivity contribution in [3.05, 3.63) is 65.1 Å². The van der Waals surface area contributed by atoms with E-state index in [-0.39, 0.29) is 28.4 Å². The molecule has 0 radical (unpaired) electrons. The van der Waals surface area contributed by atoms with Crippen molar-refractivity contribution in [2.24, 2.45) is 0 Å². The molecule has 1 N–H and O–H groups in total. The Morgan fingerprint density at radius 2 is 1.81 bits per heavy atom. The maximum Gasteiger partial charge on any atom is 0.275 e. The van der Waals surface area contributed by atoms with Crippen LogP contribution in [0.25, 0.3) is 10.8 Å². The monoisotopic (exact) mass is 371 g/mol. The van der Waals surface area contributed by atoms with Gasteiger partial charge in [-0.15, -0.1) is 0 Å². The largest absolute Gasteiger partial charge is 0.323 e. The molecule has 8 heteroatoms. The Morgan fingerprint density at radius 1 is 1.12 bits per heavy atom. The zero-order valence-electron chi connectivity index (χ0n) is 14.0. The fraction of sp³-hybridized carbons (Fsp3) is 0.167. The fourth-order valence-corrected chi connectivity index (χ4v) is 3.61. The van der Waals surface area contributed by atoms with Crippen LogP contribution in [0.3, 0.4) is 0 Å². The third-order valence-electron chi connectivity index (χ3n) is 3.93. The molecule has 2 aromatic carbocycles. The predicted octanol–water partition coefficient (Wildman–Crippen LogP) is 1.83. The summed E-state index contributed by atoms with van der Waals surface area (Å²) < 4.78 is 25.3. The average molecular weight is 371 g/mol. The Balaban J connectivity index is 1.87. The molecule has 0 saturated carbocycles. The number of nitrogens with zero attached hydrogens (tertiary/aromatic N) is 2. The number of rotatable bonds is 5. The van der Waals surface area contributed by atoms with Crippen molar-refractivity contribution in [3.63, 3.8) is 0 Å². The van der Waals surface area contributed by atoms with Crippen LogP contribution in [0, 0.1) is 0 Å². The van der Waals surface area contributed by atoms with Crippen LogP contribution in [-0.2, 0) is 21.2 Å². The van der Waals surface area contributed by atoms with E-state index < -0.39 is 15.7 Å². The van der Waals surface area contributed by atoms with Crippen LogP contribution in [0.4, 0.5) is 5.69 Å². The number of sulfone groups is 1. The molecular formula is C18H17N3O4S. The summed E-state index contributed by atoms with van der Waals surface area (Å²) in [5, 5.41) is 7.71. The number of fused-ring (bicyclic) bond motifs is 1. The van der Waals surface area contributed by atoms with Gasteiger partial charge in [0.05, 0.1) is 27.9 Å². The van der Waals surface area contributed by atoms with Crippen LogP contribution in [-0.4, -0.2) is 29.9 Å². The van der Waals surface area contributed by atoms with Gasteiger partial charge in [-0.25, -0.2) is 13.1 Å². The summed E-state index contributed by atoms with van der Waals surface area (Å²) in [7, 11) is -3.48. The smallest absolute Gasteiger partial charge is 0.275 e. The van der Waals surface area contributed by atoms with Gasteiger partial charge in [0.1, 0.15) is 6.54 Å². The first-order valence-corrected chi connectivity index (χ1v) is 9.64. The molecular weight excluding hydrogens is 354 g/mol. The lowest BCUT2D eigenvalue weighted by Gasteiger charge is -2.11. The quantitative estimate of drug-likeness (QED) is 0.738. The summed E-state index contributed by atoms with van der Waals surface area (Å²) in [6.45, 7) is 1.22. The van der Waals surface area contributed by atoms with Gasteiger partial charge in [-0.05, 0) is 18.2 Å². The van der Waals surface area contributed by atoms with Gasteiger partial charge in [-0.2, -0.15) is 5.10 Å². The van der Waals surface area contributed by atoms with Crippen molar-refractivity contribution in [2.45, 2.75) is 18.4 Å². The van der Waals surface area contributed by atoms with Crippen LogP contribution < -0.4 is 10.9 Å². The molecule has 1 amide bonds. The number of aromatic nitrogens is 2. The molecule has 0 fully saturated rings. The van der Waals surface area contributed by atoms with E-state index in [1.165, 1.54) is 25.3 Å². The van der Waals surface area contributed by atoms with E-state index in [1.54, 1.807) is 36.4 Å². The molecule has 134 valence electrons. The van der Waals surface area contributed by atoms with Gasteiger partial charge in [0.25, 0.3) is 5.56 Å². The maximum absolute atomic E-state index is 12.4. The zero-order chi connectivity index (χ0) is 18.7. The van der Waals surface area contributed by atoms with E-state index in [0.717, 1.165) is 4.68 Å². The van der Waals surface area contributed by atoms with E-state index in [0.29, 0.717) is 10.8 Å². The van der Waals surface area contributed by atoms with Crippen LogP contribution in [0.5, 0.6) is 0 Å². The van der Waals surface area contributed by atoms with Crippen molar-refractivity contribution in [1.82, 2.24) is 9.78 Å². The van der Waals surface area contributed by atoms with Gasteiger partial charge in [0, 0.05) is 5.39 Å². The van der Waals surface area contributed by atoms with Crippen LogP contribution in [0.1, 0.15) is 6.92 Å². The third-order valence-corrected chi connectivity index (χ3v) is 5.72. The molecule has 0 unspecified atom stereocenters. The Labute approximate surface area is 150 Å². The number of amides is 1. The summed E-state index contributed by atoms with van der Waals surface area (Å²) in [5.74, 6) is -0.611. The second-order valence-corrected chi connectivity index (χ2v) is 7.89. The van der Waals surface area contributed by atoms with Gasteiger partial charge >= 0.3 is 0 Å². The minimum Gasteiger partial charge on any atom is -0.323 e. The lowest BCUT2D eigenvalue weighted by molar-refractivity contribution is -0.117. The summed E-state index contributed by atoms with van der Waals surface area (Å²) in [6.07, 6.45) is 1.51. The summed E-state index contributed by atoms with van der Waals surface area (Å²) in [5.41, 5.74) is -0.194. The van der Waals surface area contributed by atoms with Crippen LogP contribution in [0.2, 0.25) is 0 Å². The van der Waals surface area contributed by atoms with Gasteiger partial charge in [-0.1, -0.05) is 37.3 Å². The highest BCUT2D eigenvalue weighted by Gasteiger charge is 2.18. The number of carbonyl (C=O) groups is 1. The molecule has 0 aliphatic heterocycles. The first kappa shape index (κ1) is 17.8. The minimum atomic E-state index is -3.48. The fourth-order valence-electron chi connectivity index (χ4n) is 2.56. The van der Waals surface area contributed by atoms with Crippen molar-refractivity contribution in [3.8, 4) is 0 Å². The number of carbonyl (C=O) groups excluding carboxylic acids is 1. The molecule has 1 aromatic heterocycles. The summed E-state index contributed by atoms with van der Waals surface area (Å²) in [4.78, 5) is 24.8. The van der Waals surface area contributed by atoms with E-state index in [9.17, 15) is 18.0 Å². The van der Waals surface area contributed by atoms with E-state index in [1.807, 2.05) is 0 Å². The summed E-state index contributed by atoms with van der Waals surface area (Å²) in [6, 6.07) is 13.1. The van der Waals surface area contributed by atoms with Gasteiger partial charge in [0.2, 0.25) is 5.91 Å². The first-order valence-electron chi connectivity index (χ1n) is 7.99. The van der Waals surface area contributed by atoms with Gasteiger partial charge in [0.15, 0.2) is 9.84 Å². The van der Waals surface area contributed by atoms with E-state index in [2.05, 4.69) is 10.4 Å². The predicted molar refractivity (Wildman–Crippen MR) is 98.8 cm³/mol.